The number of fused-ring (bicyclic) bond motifs is 3. The summed E-state index contributed by atoms with van der Waals surface area (Å²) in [5.74, 6) is 1.36. The van der Waals surface area contributed by atoms with Crippen LogP contribution in [0.15, 0.2) is 38.9 Å². The summed E-state index contributed by atoms with van der Waals surface area (Å²) in [7, 11) is 3.76. The molecule has 25 heavy (non-hydrogen) atoms. The highest BCUT2D eigenvalue weighted by molar-refractivity contribution is 9.10. The molecule has 4 aromatic rings. The molecule has 6 nitrogen and oxygen atoms in total. The van der Waals surface area contributed by atoms with E-state index in [1.54, 1.807) is 11.6 Å². The van der Waals surface area contributed by atoms with Gasteiger partial charge in [0.15, 0.2) is 5.82 Å². The Labute approximate surface area is 156 Å². The molecule has 0 aliphatic carbocycles. The maximum Gasteiger partial charge on any atom is 0.272 e. The molecule has 1 aromatic carbocycles. The van der Waals surface area contributed by atoms with Gasteiger partial charge in [-0.15, -0.1) is 21.5 Å². The van der Waals surface area contributed by atoms with Crippen LogP contribution < -0.4 is 10.5 Å². The van der Waals surface area contributed by atoms with E-state index >= 15 is 0 Å². The number of halogens is 1. The van der Waals surface area contributed by atoms with E-state index in [2.05, 4.69) is 50.1 Å². The van der Waals surface area contributed by atoms with Crippen LogP contribution >= 0.6 is 27.3 Å². The Hall–Kier alpha value is -2.19. The highest BCUT2D eigenvalue weighted by Gasteiger charge is 2.17. The minimum Gasteiger partial charge on any atom is -0.367 e. The van der Waals surface area contributed by atoms with Crippen molar-refractivity contribution in [2.24, 2.45) is 7.05 Å². The van der Waals surface area contributed by atoms with Crippen molar-refractivity contribution in [1.82, 2.24) is 19.2 Å². The molecule has 0 spiro atoms. The molecule has 0 aliphatic rings. The lowest BCUT2D eigenvalue weighted by Gasteiger charge is -2.19. The number of anilines is 1. The molecule has 0 radical (unpaired) electrons. The zero-order chi connectivity index (χ0) is 17.7. The van der Waals surface area contributed by atoms with Crippen LogP contribution in [0.2, 0.25) is 0 Å². The molecular weight excluding hydrogens is 402 g/mol. The SMILES string of the molecule is Cc1cc(N(C)Cc2nnc3n(C)c(=O)c4sccc4n23)ccc1Br. The van der Waals surface area contributed by atoms with E-state index in [1.165, 1.54) is 16.9 Å². The Morgan fingerprint density at radius 1 is 1.28 bits per heavy atom. The Morgan fingerprint density at radius 3 is 2.84 bits per heavy atom. The van der Waals surface area contributed by atoms with E-state index < -0.39 is 0 Å². The van der Waals surface area contributed by atoms with Crippen molar-refractivity contribution in [2.45, 2.75) is 13.5 Å². The van der Waals surface area contributed by atoms with Gasteiger partial charge in [-0.25, -0.2) is 0 Å². The molecule has 0 saturated carbocycles. The Morgan fingerprint density at radius 2 is 2.08 bits per heavy atom. The van der Waals surface area contributed by atoms with Crippen molar-refractivity contribution < 1.29 is 0 Å². The number of rotatable bonds is 3. The van der Waals surface area contributed by atoms with Crippen molar-refractivity contribution in [1.29, 1.82) is 0 Å². The second-order valence-electron chi connectivity index (χ2n) is 6.04. The predicted octanol–water partition coefficient (Wildman–Crippen LogP) is 3.35. The quantitative estimate of drug-likeness (QED) is 0.512. The number of hydrogen-bond donors (Lipinski definition) is 0. The molecule has 8 heteroatoms. The Kier molecular flexibility index (Phi) is 3.88. The van der Waals surface area contributed by atoms with E-state index in [0.717, 1.165) is 26.2 Å². The van der Waals surface area contributed by atoms with Gasteiger partial charge in [0, 0.05) is 24.3 Å². The minimum atomic E-state index is -0.0339. The van der Waals surface area contributed by atoms with Gasteiger partial charge in [-0.1, -0.05) is 15.9 Å². The van der Waals surface area contributed by atoms with Gasteiger partial charge >= 0.3 is 0 Å². The third kappa shape index (κ3) is 2.56. The summed E-state index contributed by atoms with van der Waals surface area (Å²) in [6, 6.07) is 8.19. The van der Waals surface area contributed by atoms with Crippen LogP contribution in [0.1, 0.15) is 11.4 Å². The molecule has 0 bridgehead atoms. The molecule has 0 amide bonds. The molecule has 0 aliphatic heterocycles. The molecule has 4 rings (SSSR count). The van der Waals surface area contributed by atoms with Crippen LogP contribution in [0, 0.1) is 6.92 Å². The first-order chi connectivity index (χ1) is 12.0. The highest BCUT2D eigenvalue weighted by atomic mass is 79.9. The van der Waals surface area contributed by atoms with E-state index in [9.17, 15) is 4.79 Å². The second-order valence-corrected chi connectivity index (χ2v) is 7.81. The zero-order valence-electron chi connectivity index (χ0n) is 14.0. The topological polar surface area (TPSA) is 55.4 Å². The van der Waals surface area contributed by atoms with Gasteiger partial charge < -0.3 is 4.90 Å². The van der Waals surface area contributed by atoms with Gasteiger partial charge in [-0.05, 0) is 42.1 Å². The van der Waals surface area contributed by atoms with Crippen molar-refractivity contribution in [3.05, 3.63) is 55.9 Å². The van der Waals surface area contributed by atoms with E-state index in [0.29, 0.717) is 12.3 Å². The van der Waals surface area contributed by atoms with Crippen molar-refractivity contribution in [2.75, 3.05) is 11.9 Å². The fourth-order valence-electron chi connectivity index (χ4n) is 2.92. The van der Waals surface area contributed by atoms with Crippen LogP contribution in [0.5, 0.6) is 0 Å². The van der Waals surface area contributed by atoms with Gasteiger partial charge in [0.1, 0.15) is 4.70 Å². The van der Waals surface area contributed by atoms with Crippen molar-refractivity contribution in [3.8, 4) is 0 Å². The third-order valence-corrected chi connectivity index (χ3v) is 6.14. The van der Waals surface area contributed by atoms with E-state index in [-0.39, 0.29) is 5.56 Å². The summed E-state index contributed by atoms with van der Waals surface area (Å²) >= 11 is 4.98. The van der Waals surface area contributed by atoms with Crippen LogP contribution in [0.3, 0.4) is 0 Å². The summed E-state index contributed by atoms with van der Waals surface area (Å²) in [5, 5.41) is 10.5. The molecule has 0 N–H and O–H groups in total. The molecule has 0 fully saturated rings. The van der Waals surface area contributed by atoms with E-state index in [1.807, 2.05) is 29.0 Å². The monoisotopic (exact) mass is 417 g/mol. The number of benzene rings is 1. The van der Waals surface area contributed by atoms with Crippen LogP contribution in [-0.4, -0.2) is 26.2 Å². The molecule has 3 aromatic heterocycles. The molecule has 0 atom stereocenters. The van der Waals surface area contributed by atoms with Gasteiger partial charge in [0.05, 0.1) is 12.1 Å². The standard InChI is InChI=1S/C17H16BrN5OS/c1-10-8-11(4-5-12(10)18)21(2)9-14-19-20-17-22(3)16(24)15-13(23(14)17)6-7-25-15/h4-8H,9H2,1-3H3. The predicted molar refractivity (Wildman–Crippen MR) is 105 cm³/mol. The lowest BCUT2D eigenvalue weighted by Crippen LogP contribution is -2.21. The summed E-state index contributed by atoms with van der Waals surface area (Å²) in [5.41, 5.74) is 3.11. The first-order valence-electron chi connectivity index (χ1n) is 7.75. The van der Waals surface area contributed by atoms with Crippen LogP contribution in [-0.2, 0) is 13.6 Å². The Bertz CT molecular complexity index is 1160. The minimum absolute atomic E-state index is 0.0339. The molecule has 3 heterocycles. The summed E-state index contributed by atoms with van der Waals surface area (Å²) in [6.07, 6.45) is 0. The lowest BCUT2D eigenvalue weighted by molar-refractivity contribution is 0.821. The second kappa shape index (κ2) is 5.96. The Balaban J connectivity index is 1.82. The molecule has 128 valence electrons. The molecule has 0 saturated heterocycles. The summed E-state index contributed by atoms with van der Waals surface area (Å²) < 4.78 is 5.33. The lowest BCUT2D eigenvalue weighted by atomic mass is 10.2. The smallest absolute Gasteiger partial charge is 0.272 e. The zero-order valence-corrected chi connectivity index (χ0v) is 16.4. The van der Waals surface area contributed by atoms with Crippen molar-refractivity contribution in [3.63, 3.8) is 0 Å². The maximum absolute atomic E-state index is 12.4. The largest absolute Gasteiger partial charge is 0.367 e. The average molecular weight is 418 g/mol. The molecule has 0 unspecified atom stereocenters. The summed E-state index contributed by atoms with van der Waals surface area (Å²) in [6.45, 7) is 2.66. The van der Waals surface area contributed by atoms with Crippen molar-refractivity contribution >= 4 is 48.9 Å². The first-order valence-corrected chi connectivity index (χ1v) is 9.42. The number of aryl methyl sites for hydroxylation is 2. The van der Waals surface area contributed by atoms with E-state index in [4.69, 9.17) is 0 Å². The number of aromatic nitrogens is 4. The average Bonchev–Trinajstić information content (AvgIpc) is 3.22. The van der Waals surface area contributed by atoms with Gasteiger partial charge in [-0.3, -0.25) is 13.8 Å². The highest BCUT2D eigenvalue weighted by Crippen LogP contribution is 2.24. The first kappa shape index (κ1) is 16.3. The van der Waals surface area contributed by atoms with Gasteiger partial charge in [0.2, 0.25) is 5.78 Å². The van der Waals surface area contributed by atoms with Crippen LogP contribution in [0.4, 0.5) is 5.69 Å². The normalized spacial score (nSPS) is 11.5. The molecular formula is C17H16BrN5OS. The fraction of sp³-hybridized carbons (Fsp3) is 0.235. The number of nitrogens with zero attached hydrogens (tertiary/aromatic N) is 5. The third-order valence-electron chi connectivity index (χ3n) is 4.36. The maximum atomic E-state index is 12.4. The van der Waals surface area contributed by atoms with Crippen LogP contribution in [0.25, 0.3) is 16.0 Å². The fourth-order valence-corrected chi connectivity index (χ4v) is 4.02. The summed E-state index contributed by atoms with van der Waals surface area (Å²) in [4.78, 5) is 14.5. The number of hydrogen-bond acceptors (Lipinski definition) is 5. The van der Waals surface area contributed by atoms with Gasteiger partial charge in [-0.2, -0.15) is 0 Å². The number of thiophene rings is 1. The van der Waals surface area contributed by atoms with Gasteiger partial charge in [0.25, 0.3) is 5.56 Å².